The zero-order valence-electron chi connectivity index (χ0n) is 18.8. The van der Waals surface area contributed by atoms with Gasteiger partial charge in [-0.25, -0.2) is 0 Å². The summed E-state index contributed by atoms with van der Waals surface area (Å²) >= 11 is 0. The van der Waals surface area contributed by atoms with Gasteiger partial charge in [-0.05, 0) is 71.0 Å². The molecule has 3 aromatic carbocycles. The van der Waals surface area contributed by atoms with E-state index in [4.69, 9.17) is 9.47 Å². The number of carbonyl (C=O) groups is 1. The van der Waals surface area contributed by atoms with E-state index in [1.54, 1.807) is 0 Å². The maximum atomic E-state index is 12.8. The maximum absolute atomic E-state index is 12.8. The number of esters is 1. The van der Waals surface area contributed by atoms with E-state index in [1.165, 1.54) is 19.2 Å². The second-order valence-corrected chi connectivity index (χ2v) is 8.42. The molecule has 3 nitrogen and oxygen atoms in total. The Balaban J connectivity index is 1.46. The Morgan fingerprint density at radius 3 is 2.47 bits per heavy atom. The van der Waals surface area contributed by atoms with Gasteiger partial charge in [0.2, 0.25) is 0 Å². The summed E-state index contributed by atoms with van der Waals surface area (Å²) in [5.74, 6) is 0.418. The molecule has 0 bridgehead atoms. The van der Waals surface area contributed by atoms with Crippen LogP contribution in [0.2, 0.25) is 0 Å². The zero-order valence-corrected chi connectivity index (χ0v) is 18.8. The molecule has 0 saturated heterocycles. The molecule has 1 aliphatic carbocycles. The first-order valence-corrected chi connectivity index (χ1v) is 11.0. The van der Waals surface area contributed by atoms with Gasteiger partial charge in [-0.2, -0.15) is 13.2 Å². The van der Waals surface area contributed by atoms with Crippen LogP contribution in [0.3, 0.4) is 0 Å². The van der Waals surface area contributed by atoms with Gasteiger partial charge in [0, 0.05) is 5.92 Å². The number of fused-ring (bicyclic) bond motifs is 1. The SMILES string of the molecule is C=C1CCc2cc(OCc3cccc(-c4ccc(C(F)(F)F)cc4)c3)ccc2C1CC(=O)OC. The molecule has 0 N–H and O–H groups in total. The fourth-order valence-corrected chi connectivity index (χ4v) is 4.28. The van der Waals surface area contributed by atoms with Crippen LogP contribution in [-0.2, 0) is 28.7 Å². The molecule has 4 rings (SSSR count). The van der Waals surface area contributed by atoms with Gasteiger partial charge < -0.3 is 9.47 Å². The Labute approximate surface area is 196 Å². The lowest BCUT2D eigenvalue weighted by atomic mass is 9.78. The molecule has 0 amide bonds. The lowest BCUT2D eigenvalue weighted by Gasteiger charge is -2.27. The minimum atomic E-state index is -4.35. The van der Waals surface area contributed by atoms with Gasteiger partial charge in [-0.1, -0.05) is 48.6 Å². The Kier molecular flexibility index (Phi) is 6.77. The summed E-state index contributed by atoms with van der Waals surface area (Å²) in [6.45, 7) is 4.46. The smallest absolute Gasteiger partial charge is 0.416 e. The minimum absolute atomic E-state index is 0.0503. The third kappa shape index (κ3) is 5.33. The summed E-state index contributed by atoms with van der Waals surface area (Å²) in [5.41, 5.74) is 5.03. The van der Waals surface area contributed by atoms with E-state index in [2.05, 4.69) is 6.58 Å². The highest BCUT2D eigenvalue weighted by atomic mass is 19.4. The largest absolute Gasteiger partial charge is 0.489 e. The number of hydrogen-bond acceptors (Lipinski definition) is 3. The van der Waals surface area contributed by atoms with Crippen LogP contribution in [0.5, 0.6) is 5.75 Å². The van der Waals surface area contributed by atoms with Gasteiger partial charge in [-0.3, -0.25) is 4.79 Å². The van der Waals surface area contributed by atoms with Crippen LogP contribution in [-0.4, -0.2) is 13.1 Å². The van der Waals surface area contributed by atoms with Crippen molar-refractivity contribution in [2.45, 2.75) is 38.0 Å². The number of rotatable bonds is 6. The van der Waals surface area contributed by atoms with Crippen molar-refractivity contribution in [3.05, 3.63) is 101 Å². The molecule has 1 unspecified atom stereocenters. The molecule has 0 spiro atoms. The lowest BCUT2D eigenvalue weighted by molar-refractivity contribution is -0.141. The second kappa shape index (κ2) is 9.75. The third-order valence-electron chi connectivity index (χ3n) is 6.17. The summed E-state index contributed by atoms with van der Waals surface area (Å²) in [6, 6.07) is 18.6. The Morgan fingerprint density at radius 2 is 1.76 bits per heavy atom. The number of carbonyl (C=O) groups excluding carboxylic acids is 1. The summed E-state index contributed by atoms with van der Waals surface area (Å²) < 4.78 is 49.3. The molecule has 0 radical (unpaired) electrons. The number of alkyl halides is 3. The molecule has 1 atom stereocenters. The Morgan fingerprint density at radius 1 is 1.00 bits per heavy atom. The van der Waals surface area contributed by atoms with Crippen LogP contribution >= 0.6 is 0 Å². The minimum Gasteiger partial charge on any atom is -0.489 e. The second-order valence-electron chi connectivity index (χ2n) is 8.42. The maximum Gasteiger partial charge on any atom is 0.416 e. The predicted octanol–water partition coefficient (Wildman–Crippen LogP) is 7.10. The van der Waals surface area contributed by atoms with Gasteiger partial charge in [0.05, 0.1) is 19.1 Å². The van der Waals surface area contributed by atoms with E-state index >= 15 is 0 Å². The van der Waals surface area contributed by atoms with E-state index in [9.17, 15) is 18.0 Å². The third-order valence-corrected chi connectivity index (χ3v) is 6.17. The normalized spacial score (nSPS) is 15.5. The van der Waals surface area contributed by atoms with E-state index < -0.39 is 11.7 Å². The van der Waals surface area contributed by atoms with Crippen molar-refractivity contribution in [3.8, 4) is 16.9 Å². The highest BCUT2D eigenvalue weighted by Gasteiger charge is 2.30. The molecule has 3 aromatic rings. The van der Waals surface area contributed by atoms with Crippen LogP contribution in [0.4, 0.5) is 13.2 Å². The fraction of sp³-hybridized carbons (Fsp3) is 0.250. The van der Waals surface area contributed by atoms with Gasteiger partial charge in [0.15, 0.2) is 0 Å². The molecule has 6 heteroatoms. The number of aryl methyl sites for hydroxylation is 1. The van der Waals surface area contributed by atoms with Crippen molar-refractivity contribution in [1.29, 1.82) is 0 Å². The van der Waals surface area contributed by atoms with E-state index in [0.29, 0.717) is 12.2 Å². The van der Waals surface area contributed by atoms with Crippen LogP contribution in [0, 0.1) is 0 Å². The molecule has 0 aliphatic heterocycles. The van der Waals surface area contributed by atoms with Crippen molar-refractivity contribution in [2.24, 2.45) is 0 Å². The lowest BCUT2D eigenvalue weighted by Crippen LogP contribution is -2.16. The predicted molar refractivity (Wildman–Crippen MR) is 124 cm³/mol. The first-order valence-electron chi connectivity index (χ1n) is 11.0. The van der Waals surface area contributed by atoms with E-state index in [0.717, 1.165) is 58.6 Å². The topological polar surface area (TPSA) is 35.5 Å². The molecule has 176 valence electrons. The van der Waals surface area contributed by atoms with Crippen LogP contribution in [0.15, 0.2) is 78.9 Å². The Hall–Kier alpha value is -3.54. The molecule has 1 aliphatic rings. The van der Waals surface area contributed by atoms with Crippen molar-refractivity contribution in [1.82, 2.24) is 0 Å². The summed E-state index contributed by atoms with van der Waals surface area (Å²) in [5, 5.41) is 0. The fourth-order valence-electron chi connectivity index (χ4n) is 4.28. The number of halogens is 3. The molecule has 0 fully saturated rings. The standard InChI is InChI=1S/C28H25F3O3/c1-18-6-7-22-15-24(12-13-25(22)26(18)16-27(32)33-2)34-17-19-4-3-5-21(14-19)20-8-10-23(11-9-20)28(29,30)31/h3-5,8-15,26H,1,6-7,16-17H2,2H3. The van der Waals surface area contributed by atoms with Crippen molar-refractivity contribution in [3.63, 3.8) is 0 Å². The zero-order chi connectivity index (χ0) is 24.3. The highest BCUT2D eigenvalue weighted by molar-refractivity contribution is 5.71. The van der Waals surface area contributed by atoms with E-state index in [-0.39, 0.29) is 18.3 Å². The molecular formula is C28H25F3O3. The van der Waals surface area contributed by atoms with E-state index in [1.807, 2.05) is 42.5 Å². The number of allylic oxidation sites excluding steroid dienone is 1. The summed E-state index contributed by atoms with van der Waals surface area (Å²) in [7, 11) is 1.39. The summed E-state index contributed by atoms with van der Waals surface area (Å²) in [6.07, 6.45) is -2.42. The van der Waals surface area contributed by atoms with Crippen molar-refractivity contribution in [2.75, 3.05) is 7.11 Å². The van der Waals surface area contributed by atoms with Crippen molar-refractivity contribution < 1.29 is 27.4 Å². The molecule has 0 saturated carbocycles. The molecular weight excluding hydrogens is 441 g/mol. The number of methoxy groups -OCH3 is 1. The molecule has 34 heavy (non-hydrogen) atoms. The Bertz CT molecular complexity index is 1200. The summed E-state index contributed by atoms with van der Waals surface area (Å²) in [4.78, 5) is 11.8. The monoisotopic (exact) mass is 466 g/mol. The van der Waals surface area contributed by atoms with Gasteiger partial charge >= 0.3 is 12.1 Å². The van der Waals surface area contributed by atoms with Gasteiger partial charge in [-0.15, -0.1) is 0 Å². The van der Waals surface area contributed by atoms with Crippen molar-refractivity contribution >= 4 is 5.97 Å². The first kappa shape index (κ1) is 23.6. The van der Waals surface area contributed by atoms with Crippen LogP contribution in [0.25, 0.3) is 11.1 Å². The molecule has 0 heterocycles. The van der Waals surface area contributed by atoms with Crippen LogP contribution in [0.1, 0.15) is 41.0 Å². The molecule has 0 aromatic heterocycles. The van der Waals surface area contributed by atoms with Gasteiger partial charge in [0.25, 0.3) is 0 Å². The van der Waals surface area contributed by atoms with Crippen LogP contribution < -0.4 is 4.74 Å². The highest BCUT2D eigenvalue weighted by Crippen LogP contribution is 2.39. The average molecular weight is 466 g/mol. The number of ether oxygens (including phenoxy) is 2. The quantitative estimate of drug-likeness (QED) is 0.287. The number of hydrogen-bond donors (Lipinski definition) is 0. The first-order chi connectivity index (χ1) is 16.2. The average Bonchev–Trinajstić information content (AvgIpc) is 2.84. The number of benzene rings is 3. The van der Waals surface area contributed by atoms with Gasteiger partial charge in [0.1, 0.15) is 12.4 Å².